The Morgan fingerprint density at radius 2 is 1.91 bits per heavy atom. The van der Waals surface area contributed by atoms with Crippen molar-refractivity contribution in [3.05, 3.63) is 34.3 Å². The maximum Gasteiger partial charge on any atom is 0.251 e. The lowest BCUT2D eigenvalue weighted by atomic mass is 10.2. The average molecular weight is 385 g/mol. The van der Waals surface area contributed by atoms with E-state index in [0.717, 1.165) is 23.4 Å². The molecule has 0 bridgehead atoms. The SMILES string of the molecule is CCNC(=NCCCNC(=O)c1ccc(Br)cc1)NCCOC. The Balaban J connectivity index is 2.27. The van der Waals surface area contributed by atoms with Crippen LogP contribution in [0.3, 0.4) is 0 Å². The molecule has 0 aliphatic rings. The zero-order chi connectivity index (χ0) is 16.9. The molecule has 0 heterocycles. The van der Waals surface area contributed by atoms with Crippen LogP contribution < -0.4 is 16.0 Å². The van der Waals surface area contributed by atoms with Crippen LogP contribution in [0.1, 0.15) is 23.7 Å². The predicted octanol–water partition coefficient (Wildman–Crippen LogP) is 1.77. The largest absolute Gasteiger partial charge is 0.383 e. The van der Waals surface area contributed by atoms with Crippen molar-refractivity contribution in [2.45, 2.75) is 13.3 Å². The van der Waals surface area contributed by atoms with Gasteiger partial charge in [0.25, 0.3) is 5.91 Å². The third-order valence-corrected chi connectivity index (χ3v) is 3.47. The number of nitrogens with one attached hydrogen (secondary N) is 3. The second-order valence-corrected chi connectivity index (χ2v) is 5.71. The van der Waals surface area contributed by atoms with E-state index in [4.69, 9.17) is 4.74 Å². The van der Waals surface area contributed by atoms with Crippen LogP contribution in [0.4, 0.5) is 0 Å². The van der Waals surface area contributed by atoms with Crippen LogP contribution in [0.2, 0.25) is 0 Å². The van der Waals surface area contributed by atoms with E-state index in [9.17, 15) is 4.79 Å². The monoisotopic (exact) mass is 384 g/mol. The van der Waals surface area contributed by atoms with Gasteiger partial charge in [0.15, 0.2) is 5.96 Å². The molecule has 128 valence electrons. The van der Waals surface area contributed by atoms with Crippen molar-refractivity contribution in [1.29, 1.82) is 0 Å². The van der Waals surface area contributed by atoms with Gasteiger partial charge in [-0.25, -0.2) is 0 Å². The molecule has 0 spiro atoms. The van der Waals surface area contributed by atoms with Gasteiger partial charge in [-0.05, 0) is 37.6 Å². The molecule has 23 heavy (non-hydrogen) atoms. The highest BCUT2D eigenvalue weighted by molar-refractivity contribution is 9.10. The first-order valence-electron chi connectivity index (χ1n) is 7.72. The number of rotatable bonds is 9. The van der Waals surface area contributed by atoms with Gasteiger partial charge in [-0.15, -0.1) is 0 Å². The van der Waals surface area contributed by atoms with E-state index in [0.29, 0.717) is 31.8 Å². The first kappa shape index (κ1) is 19.4. The van der Waals surface area contributed by atoms with Crippen molar-refractivity contribution in [2.24, 2.45) is 4.99 Å². The molecule has 7 heteroatoms. The summed E-state index contributed by atoms with van der Waals surface area (Å²) in [5, 5.41) is 9.23. The van der Waals surface area contributed by atoms with E-state index in [1.165, 1.54) is 0 Å². The minimum absolute atomic E-state index is 0.0633. The van der Waals surface area contributed by atoms with Gasteiger partial charge in [0, 0.05) is 43.3 Å². The number of hydrogen-bond donors (Lipinski definition) is 3. The summed E-state index contributed by atoms with van der Waals surface area (Å²) in [6, 6.07) is 7.29. The van der Waals surface area contributed by atoms with Crippen molar-refractivity contribution in [3.8, 4) is 0 Å². The topological polar surface area (TPSA) is 74.8 Å². The summed E-state index contributed by atoms with van der Waals surface area (Å²) in [5.74, 6) is 0.704. The van der Waals surface area contributed by atoms with E-state index < -0.39 is 0 Å². The Hall–Kier alpha value is -1.60. The number of carbonyl (C=O) groups excluding carboxylic acids is 1. The number of ether oxygens (including phenoxy) is 1. The zero-order valence-electron chi connectivity index (χ0n) is 13.7. The number of amides is 1. The standard InChI is InChI=1S/C16H25BrN4O2/c1-3-18-16(21-11-12-23-2)20-10-4-9-19-15(22)13-5-7-14(17)8-6-13/h5-8H,3-4,9-12H2,1-2H3,(H,19,22)(H2,18,20,21). The van der Waals surface area contributed by atoms with Gasteiger partial charge in [0.2, 0.25) is 0 Å². The Bertz CT molecular complexity index is 491. The quantitative estimate of drug-likeness (QED) is 0.344. The molecular weight excluding hydrogens is 360 g/mol. The summed E-state index contributed by atoms with van der Waals surface area (Å²) >= 11 is 3.35. The number of halogens is 1. The number of aliphatic imine (C=N–C) groups is 1. The molecule has 0 atom stereocenters. The van der Waals surface area contributed by atoms with Crippen molar-refractivity contribution in [3.63, 3.8) is 0 Å². The van der Waals surface area contributed by atoms with Gasteiger partial charge in [-0.1, -0.05) is 15.9 Å². The molecule has 1 amide bonds. The minimum atomic E-state index is -0.0633. The predicted molar refractivity (Wildman–Crippen MR) is 96.9 cm³/mol. The fourth-order valence-corrected chi connectivity index (χ4v) is 2.05. The number of nitrogens with zero attached hydrogens (tertiary/aromatic N) is 1. The van der Waals surface area contributed by atoms with Gasteiger partial charge in [0.05, 0.1) is 6.61 Å². The van der Waals surface area contributed by atoms with Crippen LogP contribution in [0, 0.1) is 0 Å². The highest BCUT2D eigenvalue weighted by atomic mass is 79.9. The summed E-state index contributed by atoms with van der Waals surface area (Å²) in [5.41, 5.74) is 0.659. The summed E-state index contributed by atoms with van der Waals surface area (Å²) in [6.45, 7) is 5.40. The lowest BCUT2D eigenvalue weighted by molar-refractivity contribution is 0.0953. The van der Waals surface area contributed by atoms with E-state index in [-0.39, 0.29) is 5.91 Å². The Kier molecular flexibility index (Phi) is 10.1. The lowest BCUT2D eigenvalue weighted by Crippen LogP contribution is -2.39. The summed E-state index contributed by atoms with van der Waals surface area (Å²) in [4.78, 5) is 16.4. The fourth-order valence-electron chi connectivity index (χ4n) is 1.79. The molecule has 0 fully saturated rings. The summed E-state index contributed by atoms with van der Waals surface area (Å²) < 4.78 is 5.95. The Morgan fingerprint density at radius 1 is 1.17 bits per heavy atom. The molecule has 0 aliphatic carbocycles. The Labute approximate surface area is 146 Å². The van der Waals surface area contributed by atoms with Gasteiger partial charge in [-0.3, -0.25) is 9.79 Å². The molecule has 1 rings (SSSR count). The van der Waals surface area contributed by atoms with Gasteiger partial charge in [0.1, 0.15) is 0 Å². The van der Waals surface area contributed by atoms with Crippen LogP contribution in [0.5, 0.6) is 0 Å². The highest BCUT2D eigenvalue weighted by Gasteiger charge is 2.03. The number of guanidine groups is 1. The summed E-state index contributed by atoms with van der Waals surface area (Å²) in [7, 11) is 1.67. The summed E-state index contributed by atoms with van der Waals surface area (Å²) in [6.07, 6.45) is 0.781. The third-order valence-electron chi connectivity index (χ3n) is 2.94. The van der Waals surface area contributed by atoms with Crippen molar-refractivity contribution >= 4 is 27.8 Å². The van der Waals surface area contributed by atoms with Crippen LogP contribution in [-0.4, -0.2) is 51.8 Å². The number of methoxy groups -OCH3 is 1. The van der Waals surface area contributed by atoms with Crippen LogP contribution in [0.15, 0.2) is 33.7 Å². The van der Waals surface area contributed by atoms with Crippen molar-refractivity contribution in [1.82, 2.24) is 16.0 Å². The molecule has 0 radical (unpaired) electrons. The van der Waals surface area contributed by atoms with Gasteiger partial charge >= 0.3 is 0 Å². The molecule has 6 nitrogen and oxygen atoms in total. The second-order valence-electron chi connectivity index (χ2n) is 4.80. The first-order valence-corrected chi connectivity index (χ1v) is 8.51. The third kappa shape index (κ3) is 8.56. The van der Waals surface area contributed by atoms with Gasteiger partial charge in [-0.2, -0.15) is 0 Å². The normalized spacial score (nSPS) is 11.2. The molecule has 0 saturated heterocycles. The smallest absolute Gasteiger partial charge is 0.251 e. The minimum Gasteiger partial charge on any atom is -0.383 e. The van der Waals surface area contributed by atoms with Crippen molar-refractivity contribution in [2.75, 3.05) is 39.9 Å². The molecule has 1 aromatic rings. The van der Waals surface area contributed by atoms with E-state index in [1.807, 2.05) is 19.1 Å². The number of benzene rings is 1. The van der Waals surface area contributed by atoms with E-state index in [2.05, 4.69) is 36.9 Å². The maximum atomic E-state index is 11.9. The van der Waals surface area contributed by atoms with E-state index in [1.54, 1.807) is 19.2 Å². The average Bonchev–Trinajstić information content (AvgIpc) is 2.55. The molecule has 0 unspecified atom stereocenters. The fraction of sp³-hybridized carbons (Fsp3) is 0.500. The maximum absolute atomic E-state index is 11.9. The van der Waals surface area contributed by atoms with Crippen LogP contribution in [0.25, 0.3) is 0 Å². The number of carbonyl (C=O) groups is 1. The van der Waals surface area contributed by atoms with E-state index >= 15 is 0 Å². The van der Waals surface area contributed by atoms with Gasteiger partial charge < -0.3 is 20.7 Å². The van der Waals surface area contributed by atoms with Crippen LogP contribution >= 0.6 is 15.9 Å². The Morgan fingerprint density at radius 3 is 2.57 bits per heavy atom. The van der Waals surface area contributed by atoms with Crippen molar-refractivity contribution < 1.29 is 9.53 Å². The number of hydrogen-bond acceptors (Lipinski definition) is 3. The zero-order valence-corrected chi connectivity index (χ0v) is 15.3. The van der Waals surface area contributed by atoms with Crippen LogP contribution in [-0.2, 0) is 4.74 Å². The molecular formula is C16H25BrN4O2. The second kappa shape index (κ2) is 11.9. The molecule has 3 N–H and O–H groups in total. The molecule has 0 aliphatic heterocycles. The molecule has 0 saturated carbocycles. The first-order chi connectivity index (χ1) is 11.2. The molecule has 1 aromatic carbocycles. The lowest BCUT2D eigenvalue weighted by Gasteiger charge is -2.10. The molecule has 0 aromatic heterocycles. The highest BCUT2D eigenvalue weighted by Crippen LogP contribution is 2.10.